The number of thiophene rings is 1. The molecule has 1 amide bonds. The van der Waals surface area contributed by atoms with Crippen LogP contribution in [0.4, 0.5) is 0 Å². The summed E-state index contributed by atoms with van der Waals surface area (Å²) in [6, 6.07) is 11.0. The number of carbonyl (C=O) groups is 1. The number of hydrogen-bond donors (Lipinski definition) is 1. The van der Waals surface area contributed by atoms with Gasteiger partial charge in [0.05, 0.1) is 23.7 Å². The van der Waals surface area contributed by atoms with E-state index in [0.717, 1.165) is 17.0 Å². The second kappa shape index (κ2) is 7.79. The molecule has 0 saturated heterocycles. The Bertz CT molecular complexity index is 779. The maximum Gasteiger partial charge on any atom is 0.251 e. The van der Waals surface area contributed by atoms with Crippen LogP contribution < -0.4 is 10.1 Å². The van der Waals surface area contributed by atoms with Gasteiger partial charge in [0.15, 0.2) is 0 Å². The minimum atomic E-state index is -0.155. The van der Waals surface area contributed by atoms with Gasteiger partial charge < -0.3 is 14.5 Å². The Morgan fingerprint density at radius 3 is 2.83 bits per heavy atom. The summed E-state index contributed by atoms with van der Waals surface area (Å²) in [6.45, 7) is 3.04. The molecule has 0 saturated carbocycles. The van der Waals surface area contributed by atoms with Crippen LogP contribution in [0, 0.1) is 0 Å². The number of rotatable bonds is 7. The SMILES string of the molecule is CCCOc1ccc(C(=O)NCc2coc(-c3cccs3)n2)cc1. The van der Waals surface area contributed by atoms with Crippen molar-refractivity contribution < 1.29 is 13.9 Å². The van der Waals surface area contributed by atoms with Gasteiger partial charge in [-0.05, 0) is 42.1 Å². The van der Waals surface area contributed by atoms with Crippen LogP contribution in [0.5, 0.6) is 5.75 Å². The van der Waals surface area contributed by atoms with Crippen molar-refractivity contribution in [1.82, 2.24) is 10.3 Å². The third-order valence-corrected chi connectivity index (χ3v) is 4.16. The van der Waals surface area contributed by atoms with E-state index < -0.39 is 0 Å². The second-order valence-corrected chi connectivity index (χ2v) is 6.12. The summed E-state index contributed by atoms with van der Waals surface area (Å²) in [7, 11) is 0. The summed E-state index contributed by atoms with van der Waals surface area (Å²) in [5, 5.41) is 4.80. The van der Waals surface area contributed by atoms with E-state index in [0.29, 0.717) is 30.3 Å². The van der Waals surface area contributed by atoms with Crippen LogP contribution in [0.25, 0.3) is 10.8 Å². The molecule has 3 aromatic rings. The standard InChI is InChI=1S/C18H18N2O3S/c1-2-9-22-15-7-5-13(6-8-15)17(21)19-11-14-12-23-18(20-14)16-4-3-10-24-16/h3-8,10,12H,2,9,11H2,1H3,(H,19,21). The first kappa shape index (κ1) is 16.3. The van der Waals surface area contributed by atoms with Gasteiger partial charge in [0.1, 0.15) is 12.0 Å². The fourth-order valence-electron chi connectivity index (χ4n) is 2.10. The van der Waals surface area contributed by atoms with Crippen molar-refractivity contribution in [3.63, 3.8) is 0 Å². The van der Waals surface area contributed by atoms with E-state index >= 15 is 0 Å². The van der Waals surface area contributed by atoms with Crippen molar-refractivity contribution in [3.05, 3.63) is 59.3 Å². The maximum atomic E-state index is 12.2. The van der Waals surface area contributed by atoms with Crippen LogP contribution in [-0.2, 0) is 6.54 Å². The summed E-state index contributed by atoms with van der Waals surface area (Å²) in [6.07, 6.45) is 2.52. The van der Waals surface area contributed by atoms with Crippen molar-refractivity contribution in [2.45, 2.75) is 19.9 Å². The summed E-state index contributed by atoms with van der Waals surface area (Å²) in [4.78, 5) is 17.5. The van der Waals surface area contributed by atoms with Crippen LogP contribution in [-0.4, -0.2) is 17.5 Å². The highest BCUT2D eigenvalue weighted by Gasteiger charge is 2.10. The van der Waals surface area contributed by atoms with Crippen molar-refractivity contribution in [2.75, 3.05) is 6.61 Å². The Balaban J connectivity index is 1.55. The smallest absolute Gasteiger partial charge is 0.251 e. The minimum Gasteiger partial charge on any atom is -0.494 e. The quantitative estimate of drug-likeness (QED) is 0.701. The molecule has 0 aliphatic carbocycles. The van der Waals surface area contributed by atoms with Gasteiger partial charge in [-0.15, -0.1) is 11.3 Å². The van der Waals surface area contributed by atoms with E-state index in [9.17, 15) is 4.79 Å². The highest BCUT2D eigenvalue weighted by Crippen LogP contribution is 2.23. The van der Waals surface area contributed by atoms with Crippen molar-refractivity contribution >= 4 is 17.2 Å². The predicted octanol–water partition coefficient (Wildman–Crippen LogP) is 4.12. The molecule has 0 aliphatic rings. The van der Waals surface area contributed by atoms with Crippen molar-refractivity contribution in [2.24, 2.45) is 0 Å². The Hall–Kier alpha value is -2.60. The summed E-state index contributed by atoms with van der Waals surface area (Å²) >= 11 is 1.56. The first-order valence-corrected chi connectivity index (χ1v) is 8.63. The number of ether oxygens (including phenoxy) is 1. The molecule has 3 rings (SSSR count). The van der Waals surface area contributed by atoms with E-state index in [4.69, 9.17) is 9.15 Å². The van der Waals surface area contributed by atoms with Crippen molar-refractivity contribution in [3.8, 4) is 16.5 Å². The summed E-state index contributed by atoms with van der Waals surface area (Å²) < 4.78 is 10.9. The molecule has 2 aromatic heterocycles. The van der Waals surface area contributed by atoms with E-state index in [2.05, 4.69) is 17.2 Å². The van der Waals surface area contributed by atoms with E-state index in [1.54, 1.807) is 41.9 Å². The molecule has 5 nitrogen and oxygen atoms in total. The van der Waals surface area contributed by atoms with Crippen LogP contribution in [0.1, 0.15) is 29.4 Å². The van der Waals surface area contributed by atoms with Crippen molar-refractivity contribution in [1.29, 1.82) is 0 Å². The second-order valence-electron chi connectivity index (χ2n) is 5.18. The average Bonchev–Trinajstić information content (AvgIpc) is 3.29. The highest BCUT2D eigenvalue weighted by atomic mass is 32.1. The highest BCUT2D eigenvalue weighted by molar-refractivity contribution is 7.13. The lowest BCUT2D eigenvalue weighted by Gasteiger charge is -2.06. The molecular weight excluding hydrogens is 324 g/mol. The lowest BCUT2D eigenvalue weighted by atomic mass is 10.2. The molecule has 1 aromatic carbocycles. The molecule has 0 bridgehead atoms. The van der Waals surface area contributed by atoms with Gasteiger partial charge in [0.25, 0.3) is 5.91 Å². The van der Waals surface area contributed by atoms with Gasteiger partial charge in [0.2, 0.25) is 5.89 Å². The molecule has 0 unspecified atom stereocenters. The predicted molar refractivity (Wildman–Crippen MR) is 93.2 cm³/mol. The normalized spacial score (nSPS) is 10.5. The minimum absolute atomic E-state index is 0.155. The van der Waals surface area contributed by atoms with Gasteiger partial charge in [-0.3, -0.25) is 4.79 Å². The third-order valence-electron chi connectivity index (χ3n) is 3.30. The zero-order valence-corrected chi connectivity index (χ0v) is 14.1. The van der Waals surface area contributed by atoms with Crippen LogP contribution in [0.15, 0.2) is 52.5 Å². The zero-order valence-electron chi connectivity index (χ0n) is 13.3. The summed E-state index contributed by atoms with van der Waals surface area (Å²) in [5.41, 5.74) is 1.27. The van der Waals surface area contributed by atoms with Gasteiger partial charge in [-0.2, -0.15) is 0 Å². The van der Waals surface area contributed by atoms with Gasteiger partial charge in [0, 0.05) is 5.56 Å². The van der Waals surface area contributed by atoms with E-state index in [1.165, 1.54) is 0 Å². The van der Waals surface area contributed by atoms with Crippen LogP contribution in [0.3, 0.4) is 0 Å². The number of nitrogens with one attached hydrogen (secondary N) is 1. The fraction of sp³-hybridized carbons (Fsp3) is 0.222. The molecular formula is C18H18N2O3S. The van der Waals surface area contributed by atoms with Crippen LogP contribution in [0.2, 0.25) is 0 Å². The molecule has 0 spiro atoms. The number of benzene rings is 1. The van der Waals surface area contributed by atoms with E-state index in [-0.39, 0.29) is 5.91 Å². The lowest BCUT2D eigenvalue weighted by Crippen LogP contribution is -2.22. The molecule has 24 heavy (non-hydrogen) atoms. The van der Waals surface area contributed by atoms with Gasteiger partial charge >= 0.3 is 0 Å². The molecule has 0 aliphatic heterocycles. The van der Waals surface area contributed by atoms with Gasteiger partial charge in [-0.25, -0.2) is 4.98 Å². The average molecular weight is 342 g/mol. The zero-order chi connectivity index (χ0) is 16.8. The molecule has 124 valence electrons. The Labute approximate surface area is 144 Å². The van der Waals surface area contributed by atoms with Crippen LogP contribution >= 0.6 is 11.3 Å². The number of carbonyl (C=O) groups excluding carboxylic acids is 1. The maximum absolute atomic E-state index is 12.2. The Morgan fingerprint density at radius 1 is 1.29 bits per heavy atom. The molecule has 6 heteroatoms. The van der Waals surface area contributed by atoms with Gasteiger partial charge in [-0.1, -0.05) is 13.0 Å². The Morgan fingerprint density at radius 2 is 2.12 bits per heavy atom. The fourth-order valence-corrected chi connectivity index (χ4v) is 2.75. The number of nitrogens with zero attached hydrogens (tertiary/aromatic N) is 1. The molecule has 0 fully saturated rings. The topological polar surface area (TPSA) is 64.4 Å². The Kier molecular flexibility index (Phi) is 5.28. The number of aromatic nitrogens is 1. The van der Waals surface area contributed by atoms with E-state index in [1.807, 2.05) is 17.5 Å². The number of hydrogen-bond acceptors (Lipinski definition) is 5. The largest absolute Gasteiger partial charge is 0.494 e. The molecule has 2 heterocycles. The first-order chi connectivity index (χ1) is 11.8. The third kappa shape index (κ3) is 4.02. The molecule has 1 N–H and O–H groups in total. The lowest BCUT2D eigenvalue weighted by molar-refractivity contribution is 0.0950. The molecule has 0 radical (unpaired) electrons. The molecule has 0 atom stereocenters. The number of oxazole rings is 1. The first-order valence-electron chi connectivity index (χ1n) is 7.75. The monoisotopic (exact) mass is 342 g/mol. The number of amides is 1. The summed E-state index contributed by atoms with van der Waals surface area (Å²) in [5.74, 6) is 1.19.